The summed E-state index contributed by atoms with van der Waals surface area (Å²) in [5.41, 5.74) is 1.25. The normalized spacial score (nSPS) is 14.2. The van der Waals surface area contributed by atoms with Gasteiger partial charge in [-0.2, -0.15) is 13.2 Å². The number of anilines is 2. The molecule has 4 rings (SSSR count). The van der Waals surface area contributed by atoms with Gasteiger partial charge in [-0.1, -0.05) is 48.5 Å². The van der Waals surface area contributed by atoms with Crippen LogP contribution >= 0.6 is 11.8 Å². The zero-order valence-corrected chi connectivity index (χ0v) is 16.6. The molecule has 3 aromatic carbocycles. The number of nitrogens with zero attached hydrogens (tertiary/aromatic N) is 2. The highest BCUT2D eigenvalue weighted by Gasteiger charge is 2.33. The van der Waals surface area contributed by atoms with Crippen molar-refractivity contribution in [1.82, 2.24) is 0 Å². The van der Waals surface area contributed by atoms with Crippen molar-refractivity contribution in [3.63, 3.8) is 0 Å². The van der Waals surface area contributed by atoms with Crippen LogP contribution in [0.3, 0.4) is 0 Å². The molecule has 3 aromatic rings. The van der Waals surface area contributed by atoms with E-state index in [0.717, 1.165) is 17.7 Å². The maximum atomic E-state index is 13.3. The molecule has 0 fully saturated rings. The van der Waals surface area contributed by atoms with E-state index in [1.807, 2.05) is 30.3 Å². The zero-order valence-electron chi connectivity index (χ0n) is 15.8. The highest BCUT2D eigenvalue weighted by atomic mass is 32.2. The number of aliphatic imine (C=N–C) groups is 1. The highest BCUT2D eigenvalue weighted by molar-refractivity contribution is 8.13. The van der Waals surface area contributed by atoms with E-state index in [-0.39, 0.29) is 18.0 Å². The van der Waals surface area contributed by atoms with Crippen LogP contribution in [-0.2, 0) is 16.7 Å². The maximum absolute atomic E-state index is 13.3. The topological polar surface area (TPSA) is 32.7 Å². The summed E-state index contributed by atoms with van der Waals surface area (Å²) in [6, 6.07) is 21.7. The lowest BCUT2D eigenvalue weighted by Crippen LogP contribution is -2.26. The number of alkyl halides is 3. The fourth-order valence-corrected chi connectivity index (χ4v) is 4.09. The van der Waals surface area contributed by atoms with Crippen LogP contribution in [0.25, 0.3) is 0 Å². The Morgan fingerprint density at radius 3 is 2.27 bits per heavy atom. The average Bonchev–Trinajstić information content (AvgIpc) is 2.88. The number of para-hydroxylation sites is 1. The monoisotopic (exact) mass is 426 g/mol. The molecule has 0 atom stereocenters. The van der Waals surface area contributed by atoms with E-state index in [9.17, 15) is 18.0 Å². The van der Waals surface area contributed by atoms with Gasteiger partial charge >= 0.3 is 6.18 Å². The molecule has 0 saturated carbocycles. The van der Waals surface area contributed by atoms with Crippen molar-refractivity contribution in [3.8, 4) is 0 Å². The third-order valence-electron chi connectivity index (χ3n) is 4.60. The van der Waals surface area contributed by atoms with Gasteiger partial charge in [-0.3, -0.25) is 9.69 Å². The summed E-state index contributed by atoms with van der Waals surface area (Å²) < 4.78 is 40.0. The summed E-state index contributed by atoms with van der Waals surface area (Å²) in [4.78, 5) is 19.0. The van der Waals surface area contributed by atoms with E-state index in [0.29, 0.717) is 22.2 Å². The SMILES string of the molecule is O=C1CC(SCc2ccccc2)=Nc2ccc(C(F)(F)F)cc2N1c1ccccc1. The number of carbonyl (C=O) groups is 1. The van der Waals surface area contributed by atoms with Crippen molar-refractivity contribution in [2.75, 3.05) is 4.90 Å². The molecule has 0 aliphatic carbocycles. The second-order valence-electron chi connectivity index (χ2n) is 6.72. The van der Waals surface area contributed by atoms with Crippen molar-refractivity contribution in [3.05, 3.63) is 90.0 Å². The van der Waals surface area contributed by atoms with Gasteiger partial charge in [-0.25, -0.2) is 4.99 Å². The molecule has 0 spiro atoms. The lowest BCUT2D eigenvalue weighted by molar-refractivity contribution is -0.137. The Kier molecular flexibility index (Phi) is 5.63. The molecule has 7 heteroatoms. The number of rotatable bonds is 3. The number of hydrogen-bond donors (Lipinski definition) is 0. The molecule has 0 N–H and O–H groups in total. The molecule has 0 saturated heterocycles. The van der Waals surface area contributed by atoms with E-state index in [4.69, 9.17) is 0 Å². The van der Waals surface area contributed by atoms with Crippen LogP contribution in [0.4, 0.5) is 30.2 Å². The van der Waals surface area contributed by atoms with Crippen LogP contribution in [-0.4, -0.2) is 11.0 Å². The summed E-state index contributed by atoms with van der Waals surface area (Å²) in [6.45, 7) is 0. The van der Waals surface area contributed by atoms with Gasteiger partial charge < -0.3 is 0 Å². The van der Waals surface area contributed by atoms with E-state index < -0.39 is 11.7 Å². The second-order valence-corrected chi connectivity index (χ2v) is 7.77. The molecular weight excluding hydrogens is 409 g/mol. The summed E-state index contributed by atoms with van der Waals surface area (Å²) in [5, 5.41) is 0.572. The number of benzene rings is 3. The highest BCUT2D eigenvalue weighted by Crippen LogP contribution is 2.42. The van der Waals surface area contributed by atoms with Gasteiger partial charge in [-0.05, 0) is 35.9 Å². The van der Waals surface area contributed by atoms with Crippen molar-refractivity contribution < 1.29 is 18.0 Å². The number of halogens is 3. The van der Waals surface area contributed by atoms with E-state index in [1.165, 1.54) is 22.7 Å². The summed E-state index contributed by atoms with van der Waals surface area (Å²) in [5.74, 6) is 0.299. The molecule has 0 radical (unpaired) electrons. The Labute approximate surface area is 176 Å². The number of thioether (sulfide) groups is 1. The molecule has 1 heterocycles. The van der Waals surface area contributed by atoms with Crippen molar-refractivity contribution in [2.45, 2.75) is 18.3 Å². The van der Waals surface area contributed by atoms with Gasteiger partial charge in [0.1, 0.15) is 0 Å². The first-order valence-electron chi connectivity index (χ1n) is 9.25. The first-order valence-corrected chi connectivity index (χ1v) is 10.2. The van der Waals surface area contributed by atoms with Crippen molar-refractivity contribution in [1.29, 1.82) is 0 Å². The van der Waals surface area contributed by atoms with E-state index in [2.05, 4.69) is 4.99 Å². The minimum atomic E-state index is -4.51. The molecule has 1 amide bonds. The maximum Gasteiger partial charge on any atom is 0.416 e. The first kappa shape index (κ1) is 20.2. The smallest absolute Gasteiger partial charge is 0.279 e. The van der Waals surface area contributed by atoms with Crippen LogP contribution in [0.5, 0.6) is 0 Å². The predicted octanol–water partition coefficient (Wildman–Crippen LogP) is 6.74. The van der Waals surface area contributed by atoms with Gasteiger partial charge in [0, 0.05) is 11.4 Å². The lowest BCUT2D eigenvalue weighted by Gasteiger charge is -2.23. The molecule has 3 nitrogen and oxygen atoms in total. The van der Waals surface area contributed by atoms with E-state index >= 15 is 0 Å². The fraction of sp³-hybridized carbons (Fsp3) is 0.130. The van der Waals surface area contributed by atoms with Crippen LogP contribution in [0.15, 0.2) is 83.9 Å². The van der Waals surface area contributed by atoms with Gasteiger partial charge in [0.2, 0.25) is 5.91 Å². The summed E-state index contributed by atoms with van der Waals surface area (Å²) >= 11 is 1.42. The van der Waals surface area contributed by atoms with Crippen LogP contribution < -0.4 is 4.90 Å². The first-order chi connectivity index (χ1) is 14.4. The summed E-state index contributed by atoms with van der Waals surface area (Å²) in [6.07, 6.45) is -4.50. The second kappa shape index (κ2) is 8.36. The third kappa shape index (κ3) is 4.41. The fourth-order valence-electron chi connectivity index (χ4n) is 3.17. The molecule has 0 aromatic heterocycles. The van der Waals surface area contributed by atoms with Gasteiger partial charge in [-0.15, -0.1) is 11.8 Å². The molecule has 0 unspecified atom stereocenters. The molecular formula is C23H17F3N2OS. The minimum absolute atomic E-state index is 0.0163. The molecule has 1 aliphatic rings. The Bertz CT molecular complexity index is 1080. The van der Waals surface area contributed by atoms with Gasteiger partial charge in [0.25, 0.3) is 0 Å². The molecule has 30 heavy (non-hydrogen) atoms. The van der Waals surface area contributed by atoms with Gasteiger partial charge in [0.05, 0.1) is 28.4 Å². The van der Waals surface area contributed by atoms with Crippen LogP contribution in [0, 0.1) is 0 Å². The predicted molar refractivity (Wildman–Crippen MR) is 114 cm³/mol. The number of hydrogen-bond acceptors (Lipinski definition) is 3. The van der Waals surface area contributed by atoms with Crippen LogP contribution in [0.1, 0.15) is 17.5 Å². The van der Waals surface area contributed by atoms with Gasteiger partial charge in [0.15, 0.2) is 0 Å². The lowest BCUT2D eigenvalue weighted by atomic mass is 10.1. The third-order valence-corrected chi connectivity index (χ3v) is 5.65. The largest absolute Gasteiger partial charge is 0.416 e. The molecule has 1 aliphatic heterocycles. The quantitative estimate of drug-likeness (QED) is 0.465. The molecule has 152 valence electrons. The van der Waals surface area contributed by atoms with E-state index in [1.54, 1.807) is 30.3 Å². The van der Waals surface area contributed by atoms with Crippen molar-refractivity contribution in [2.24, 2.45) is 4.99 Å². The summed E-state index contributed by atoms with van der Waals surface area (Å²) in [7, 11) is 0. The minimum Gasteiger partial charge on any atom is -0.279 e. The Balaban J connectivity index is 1.74. The standard InChI is InChI=1S/C23H17F3N2OS/c24-23(25,26)17-11-12-19-20(13-17)28(18-9-5-2-6-10-18)22(29)14-21(27-19)30-15-16-7-3-1-4-8-16/h1-13H,14-15H2. The zero-order chi connectivity index (χ0) is 21.1. The molecule has 0 bridgehead atoms. The average molecular weight is 426 g/mol. The Morgan fingerprint density at radius 2 is 1.60 bits per heavy atom. The van der Waals surface area contributed by atoms with Crippen LogP contribution in [0.2, 0.25) is 0 Å². The Hall–Kier alpha value is -3.06. The number of carbonyl (C=O) groups excluding carboxylic acids is 1. The number of fused-ring (bicyclic) bond motifs is 1. The Morgan fingerprint density at radius 1 is 0.933 bits per heavy atom. The van der Waals surface area contributed by atoms with Crippen molar-refractivity contribution >= 4 is 39.8 Å². The number of amides is 1.